The number of nitrogens with zero attached hydrogens (tertiary/aromatic N) is 1. The zero-order valence-corrected chi connectivity index (χ0v) is 22.9. The highest BCUT2D eigenvalue weighted by Gasteiger charge is 2.43. The van der Waals surface area contributed by atoms with Crippen LogP contribution in [0.1, 0.15) is 58.6 Å². The van der Waals surface area contributed by atoms with Gasteiger partial charge in [0.15, 0.2) is 23.3 Å². The van der Waals surface area contributed by atoms with E-state index in [1.807, 2.05) is 44.2 Å². The van der Waals surface area contributed by atoms with E-state index in [4.69, 9.17) is 9.57 Å². The van der Waals surface area contributed by atoms with Crippen LogP contribution in [-0.2, 0) is 31.9 Å². The molecule has 0 radical (unpaired) electrons. The van der Waals surface area contributed by atoms with Gasteiger partial charge < -0.3 is 14.9 Å². The van der Waals surface area contributed by atoms with E-state index in [2.05, 4.69) is 5.16 Å². The summed E-state index contributed by atoms with van der Waals surface area (Å²) >= 11 is 0. The lowest BCUT2D eigenvalue weighted by molar-refractivity contribution is -0.143. The monoisotopic (exact) mass is 590 g/mol. The largest absolute Gasteiger partial charge is 0.458 e. The lowest BCUT2D eigenvalue weighted by Gasteiger charge is -2.25. The van der Waals surface area contributed by atoms with Gasteiger partial charge in [-0.15, -0.1) is 0 Å². The quantitative estimate of drug-likeness (QED) is 0.0736. The third kappa shape index (κ3) is 9.32. The molecule has 1 amide bonds. The van der Waals surface area contributed by atoms with Gasteiger partial charge >= 0.3 is 12.1 Å². The van der Waals surface area contributed by atoms with Crippen LogP contribution >= 0.6 is 0 Å². The molecule has 224 valence electrons. The van der Waals surface area contributed by atoms with E-state index in [1.54, 1.807) is 13.0 Å². The van der Waals surface area contributed by atoms with E-state index in [0.717, 1.165) is 19.4 Å². The van der Waals surface area contributed by atoms with Gasteiger partial charge in [0.05, 0.1) is 5.71 Å². The summed E-state index contributed by atoms with van der Waals surface area (Å²) in [5, 5.41) is 5.36. The Kier molecular flexibility index (Phi) is 10.7. The summed E-state index contributed by atoms with van der Waals surface area (Å²) in [4.78, 5) is 29.7. The number of anilines is 1. The number of halogens is 7. The molecule has 41 heavy (non-hydrogen) atoms. The number of nitrogens with one attached hydrogen (secondary N) is 1. The van der Waals surface area contributed by atoms with Gasteiger partial charge in [-0.25, -0.2) is 22.4 Å². The highest BCUT2D eigenvalue weighted by Crippen LogP contribution is 2.38. The minimum absolute atomic E-state index is 0.127. The molecule has 0 atom stereocenters. The maximum absolute atomic E-state index is 14.2. The molecule has 0 aromatic heterocycles. The molecule has 0 heterocycles. The second-order valence-corrected chi connectivity index (χ2v) is 10.4. The highest BCUT2D eigenvalue weighted by molar-refractivity contribution is 5.97. The number of hydrogen-bond donors (Lipinski definition) is 1. The van der Waals surface area contributed by atoms with Crippen LogP contribution in [0.4, 0.5) is 36.4 Å². The van der Waals surface area contributed by atoms with Crippen LogP contribution in [0, 0.1) is 28.7 Å². The second kappa shape index (κ2) is 13.2. The van der Waals surface area contributed by atoms with E-state index in [1.165, 1.54) is 11.4 Å². The van der Waals surface area contributed by atoms with Crippen molar-refractivity contribution in [2.75, 3.05) is 5.32 Å². The average molecular weight is 591 g/mol. The maximum Gasteiger partial charge on any atom is 0.422 e. The Bertz CT molecular complexity index is 1290. The van der Waals surface area contributed by atoms with Gasteiger partial charge in [0, 0.05) is 6.08 Å². The van der Waals surface area contributed by atoms with Crippen LogP contribution in [0.3, 0.4) is 0 Å². The zero-order valence-electron chi connectivity index (χ0n) is 22.9. The van der Waals surface area contributed by atoms with Crippen LogP contribution in [-0.4, -0.2) is 23.2 Å². The molecule has 6 nitrogen and oxygen atoms in total. The number of alkyl halides is 3. The third-order valence-corrected chi connectivity index (χ3v) is 5.64. The van der Waals surface area contributed by atoms with Crippen LogP contribution in [0.15, 0.2) is 47.6 Å². The molecular formula is C28H29F7N2O4. The van der Waals surface area contributed by atoms with E-state index < -0.39 is 63.6 Å². The van der Waals surface area contributed by atoms with Crippen molar-refractivity contribution in [2.45, 2.75) is 65.8 Å². The number of rotatable bonds is 11. The van der Waals surface area contributed by atoms with Crippen molar-refractivity contribution in [1.82, 2.24) is 0 Å². The van der Waals surface area contributed by atoms with Crippen molar-refractivity contribution in [3.63, 3.8) is 0 Å². The van der Waals surface area contributed by atoms with E-state index in [-0.39, 0.29) is 6.61 Å². The molecule has 0 fully saturated rings. The van der Waals surface area contributed by atoms with Gasteiger partial charge in [-0.3, -0.25) is 4.79 Å². The Morgan fingerprint density at radius 3 is 2.02 bits per heavy atom. The van der Waals surface area contributed by atoms with Crippen LogP contribution in [0.5, 0.6) is 0 Å². The summed E-state index contributed by atoms with van der Waals surface area (Å²) < 4.78 is 99.5. The maximum atomic E-state index is 14.2. The summed E-state index contributed by atoms with van der Waals surface area (Å²) in [6, 6.07) is 9.13. The number of allylic oxidation sites excluding steroid dienone is 1. The number of amides is 1. The first-order valence-electron chi connectivity index (χ1n) is 12.2. The lowest BCUT2D eigenvalue weighted by atomic mass is 9.84. The van der Waals surface area contributed by atoms with Crippen molar-refractivity contribution in [1.29, 1.82) is 0 Å². The molecule has 0 unspecified atom stereocenters. The average Bonchev–Trinajstić information content (AvgIpc) is 2.87. The molecule has 0 saturated carbocycles. The van der Waals surface area contributed by atoms with E-state index >= 15 is 0 Å². The fraction of sp³-hybridized carbons (Fsp3) is 0.393. The molecule has 0 spiro atoms. The van der Waals surface area contributed by atoms with Crippen molar-refractivity contribution in [3.8, 4) is 0 Å². The third-order valence-electron chi connectivity index (χ3n) is 5.64. The number of carbonyl (C=O) groups excluding carboxylic acids is 2. The molecule has 0 saturated heterocycles. The van der Waals surface area contributed by atoms with Crippen molar-refractivity contribution >= 4 is 23.3 Å². The van der Waals surface area contributed by atoms with E-state index in [9.17, 15) is 40.3 Å². The predicted molar refractivity (Wildman–Crippen MR) is 137 cm³/mol. The normalized spacial score (nSPS) is 12.9. The molecule has 13 heteroatoms. The Morgan fingerprint density at radius 1 is 0.927 bits per heavy atom. The molecule has 0 aliphatic heterocycles. The summed E-state index contributed by atoms with van der Waals surface area (Å²) in [5.41, 5.74) is -5.70. The van der Waals surface area contributed by atoms with Crippen molar-refractivity contribution in [3.05, 3.63) is 76.9 Å². The fourth-order valence-corrected chi connectivity index (χ4v) is 3.54. The Hall–Kier alpha value is -3.90. The summed E-state index contributed by atoms with van der Waals surface area (Å²) in [7, 11) is 0. The molecule has 0 aliphatic rings. The fourth-order valence-electron chi connectivity index (χ4n) is 3.54. The number of hydrogen-bond acceptors (Lipinski definition) is 5. The second-order valence-electron chi connectivity index (χ2n) is 10.4. The Morgan fingerprint density at radius 2 is 1.49 bits per heavy atom. The lowest BCUT2D eigenvalue weighted by Crippen LogP contribution is -2.39. The molecular weight excluding hydrogens is 561 g/mol. The first-order chi connectivity index (χ1) is 18.9. The number of oxime groups is 1. The van der Waals surface area contributed by atoms with Gasteiger partial charge in [-0.1, -0.05) is 55.4 Å². The van der Waals surface area contributed by atoms with E-state index in [0.29, 0.717) is 18.6 Å². The van der Waals surface area contributed by atoms with Gasteiger partial charge in [0.1, 0.15) is 17.9 Å². The number of benzene rings is 2. The minimum Gasteiger partial charge on any atom is -0.458 e. The molecule has 0 bridgehead atoms. The molecule has 2 aromatic rings. The Labute approximate surface area is 232 Å². The van der Waals surface area contributed by atoms with Crippen LogP contribution in [0.2, 0.25) is 0 Å². The number of esters is 1. The topological polar surface area (TPSA) is 77.0 Å². The Balaban J connectivity index is 2.00. The van der Waals surface area contributed by atoms with Gasteiger partial charge in [-0.05, 0) is 44.6 Å². The van der Waals surface area contributed by atoms with Crippen LogP contribution in [0.25, 0.3) is 0 Å². The molecule has 1 N–H and O–H groups in total. The SMILES string of the molecule is C/C(CC(C)(C)C/C=C/C(=O)OCc1ccccc1)=N\OC(C)(C)C(=O)Nc1c(F)c(F)c(C(F)(F)F)c(F)c1F. The predicted octanol–water partition coefficient (Wildman–Crippen LogP) is 7.48. The highest BCUT2D eigenvalue weighted by atomic mass is 19.4. The number of carbonyl (C=O) groups is 2. The minimum atomic E-state index is -5.72. The van der Waals surface area contributed by atoms with Gasteiger partial charge in [0.2, 0.25) is 5.60 Å². The summed E-state index contributed by atoms with van der Waals surface area (Å²) in [6.45, 7) is 7.64. The van der Waals surface area contributed by atoms with Gasteiger partial charge in [0.25, 0.3) is 5.91 Å². The molecule has 2 rings (SSSR count). The first kappa shape index (κ1) is 33.3. The van der Waals surface area contributed by atoms with Gasteiger partial charge in [-0.2, -0.15) is 13.2 Å². The molecule has 0 aliphatic carbocycles. The van der Waals surface area contributed by atoms with Crippen molar-refractivity contribution < 1.29 is 49.9 Å². The number of ether oxygens (including phenoxy) is 1. The summed E-state index contributed by atoms with van der Waals surface area (Å²) in [5.74, 6) is -12.1. The zero-order chi connectivity index (χ0) is 31.2. The van der Waals surface area contributed by atoms with Crippen LogP contribution < -0.4 is 5.32 Å². The standard InChI is InChI=1S/C28H29F7N2O4/c1-16(14-26(2,3)13-9-12-18(38)40-15-17-10-7-6-8-11-17)37-41-27(4,5)25(39)36-24-22(31)20(29)19(28(33,34)35)21(30)23(24)32/h6-12H,13-15H2,1-5H3,(H,36,39)/b12-9+,37-16+. The first-order valence-corrected chi connectivity index (χ1v) is 12.2. The summed E-state index contributed by atoms with van der Waals surface area (Å²) in [6.07, 6.45) is -2.06. The van der Waals surface area contributed by atoms with Crippen molar-refractivity contribution in [2.24, 2.45) is 10.6 Å². The molecule has 2 aromatic carbocycles. The smallest absolute Gasteiger partial charge is 0.422 e.